The minimum atomic E-state index is -0.777. The number of amides is 3. The van der Waals surface area contributed by atoms with Gasteiger partial charge in [0.05, 0.1) is 0 Å². The van der Waals surface area contributed by atoms with E-state index in [-0.39, 0.29) is 41.8 Å². The number of aliphatic imine (C=N–C) groups is 1. The number of hydrogen-bond acceptors (Lipinski definition) is 3. The van der Waals surface area contributed by atoms with Crippen molar-refractivity contribution in [3.63, 3.8) is 0 Å². The third-order valence-corrected chi connectivity index (χ3v) is 6.29. The molecule has 1 aliphatic carbocycles. The summed E-state index contributed by atoms with van der Waals surface area (Å²) in [6, 6.07) is -0.373. The Hall–Kier alpha value is -1.06. The van der Waals surface area contributed by atoms with Crippen molar-refractivity contribution in [2.24, 2.45) is 16.8 Å². The molecule has 2 heterocycles. The maximum Gasteiger partial charge on any atom is 0.322 e. The molecule has 1 atom stereocenters. The number of nitrogens with one attached hydrogen (secondary N) is 3. The molecule has 1 unspecified atom stereocenters. The zero-order valence-electron chi connectivity index (χ0n) is 16.6. The third kappa shape index (κ3) is 5.26. The Morgan fingerprint density at radius 1 is 1.22 bits per heavy atom. The fourth-order valence-electron chi connectivity index (χ4n) is 4.59. The Balaban J connectivity index is 0.00000261. The van der Waals surface area contributed by atoms with Gasteiger partial charge in [-0.05, 0) is 44.9 Å². The van der Waals surface area contributed by atoms with E-state index in [4.69, 9.17) is 4.99 Å². The second-order valence-electron chi connectivity index (χ2n) is 8.05. The highest BCUT2D eigenvalue weighted by molar-refractivity contribution is 14.0. The Morgan fingerprint density at radius 2 is 1.89 bits per heavy atom. The smallest absolute Gasteiger partial charge is 0.322 e. The standard InChI is InChI=1S/C19H33N5O2.HI/c1-3-20-17(21-11-8-14-6-4-5-7-14)24-12-9-15(10-13-24)19(2)16(25)22-18(26)23-19;/h14-15H,3-13H2,1-2H3,(H,20,21)(H2,22,23,25,26);1H. The Kier molecular flexibility index (Phi) is 8.18. The topological polar surface area (TPSA) is 85.8 Å². The van der Waals surface area contributed by atoms with Crippen LogP contribution in [0.5, 0.6) is 0 Å². The van der Waals surface area contributed by atoms with Crippen molar-refractivity contribution in [2.75, 3.05) is 26.2 Å². The van der Waals surface area contributed by atoms with Crippen molar-refractivity contribution < 1.29 is 9.59 Å². The largest absolute Gasteiger partial charge is 0.357 e. The summed E-state index contributed by atoms with van der Waals surface area (Å²) in [5.74, 6) is 1.82. The average molecular weight is 491 g/mol. The van der Waals surface area contributed by atoms with Gasteiger partial charge >= 0.3 is 6.03 Å². The third-order valence-electron chi connectivity index (χ3n) is 6.29. The van der Waals surface area contributed by atoms with Gasteiger partial charge in [0.25, 0.3) is 5.91 Å². The van der Waals surface area contributed by atoms with Crippen LogP contribution in [0.2, 0.25) is 0 Å². The van der Waals surface area contributed by atoms with Crippen LogP contribution in [0, 0.1) is 11.8 Å². The minimum absolute atomic E-state index is 0. The van der Waals surface area contributed by atoms with E-state index in [1.54, 1.807) is 0 Å². The molecule has 0 spiro atoms. The zero-order chi connectivity index (χ0) is 18.6. The molecule has 3 rings (SSSR count). The minimum Gasteiger partial charge on any atom is -0.357 e. The molecule has 7 nitrogen and oxygen atoms in total. The number of carbonyl (C=O) groups excluding carboxylic acids is 2. The molecule has 0 bridgehead atoms. The van der Waals surface area contributed by atoms with Gasteiger partial charge in [0.1, 0.15) is 5.54 Å². The van der Waals surface area contributed by atoms with Crippen LogP contribution < -0.4 is 16.0 Å². The Labute approximate surface area is 179 Å². The van der Waals surface area contributed by atoms with E-state index in [2.05, 4.69) is 27.8 Å². The molecule has 1 saturated carbocycles. The molecule has 154 valence electrons. The molecule has 2 saturated heterocycles. The van der Waals surface area contributed by atoms with Crippen LogP contribution >= 0.6 is 24.0 Å². The average Bonchev–Trinajstić information content (AvgIpc) is 3.23. The van der Waals surface area contributed by atoms with Crippen molar-refractivity contribution in [1.82, 2.24) is 20.9 Å². The number of guanidine groups is 1. The second-order valence-corrected chi connectivity index (χ2v) is 8.05. The number of piperidine rings is 1. The van der Waals surface area contributed by atoms with Gasteiger partial charge in [-0.3, -0.25) is 15.1 Å². The van der Waals surface area contributed by atoms with Crippen molar-refractivity contribution in [2.45, 2.75) is 64.3 Å². The van der Waals surface area contributed by atoms with Gasteiger partial charge in [-0.2, -0.15) is 0 Å². The van der Waals surface area contributed by atoms with Crippen molar-refractivity contribution in [1.29, 1.82) is 0 Å². The maximum atomic E-state index is 12.1. The molecule has 3 fully saturated rings. The normalized spacial score (nSPS) is 27.3. The molecule has 0 radical (unpaired) electrons. The van der Waals surface area contributed by atoms with Crippen molar-refractivity contribution in [3.8, 4) is 0 Å². The molecule has 8 heteroatoms. The highest BCUT2D eigenvalue weighted by Gasteiger charge is 2.48. The summed E-state index contributed by atoms with van der Waals surface area (Å²) in [5.41, 5.74) is -0.777. The number of halogens is 1. The van der Waals surface area contributed by atoms with E-state index in [9.17, 15) is 9.59 Å². The number of rotatable bonds is 5. The summed E-state index contributed by atoms with van der Waals surface area (Å²) in [6.07, 6.45) is 8.42. The van der Waals surface area contributed by atoms with Crippen LogP contribution in [0.3, 0.4) is 0 Å². The van der Waals surface area contributed by atoms with Crippen LogP contribution in [-0.4, -0.2) is 54.5 Å². The summed E-state index contributed by atoms with van der Waals surface area (Å²) >= 11 is 0. The summed E-state index contributed by atoms with van der Waals surface area (Å²) in [5, 5.41) is 8.61. The van der Waals surface area contributed by atoms with Crippen LogP contribution in [-0.2, 0) is 4.79 Å². The first-order valence-corrected chi connectivity index (χ1v) is 10.2. The lowest BCUT2D eigenvalue weighted by atomic mass is 9.79. The molecule has 3 amide bonds. The van der Waals surface area contributed by atoms with Gasteiger partial charge < -0.3 is 15.5 Å². The number of imide groups is 1. The van der Waals surface area contributed by atoms with Crippen LogP contribution in [0.15, 0.2) is 4.99 Å². The van der Waals surface area contributed by atoms with Crippen LogP contribution in [0.1, 0.15) is 58.8 Å². The van der Waals surface area contributed by atoms with E-state index in [0.29, 0.717) is 0 Å². The van der Waals surface area contributed by atoms with Gasteiger partial charge in [0.15, 0.2) is 5.96 Å². The quantitative estimate of drug-likeness (QED) is 0.239. The first-order chi connectivity index (χ1) is 12.5. The fourth-order valence-corrected chi connectivity index (χ4v) is 4.59. The van der Waals surface area contributed by atoms with Gasteiger partial charge in [0, 0.05) is 26.2 Å². The predicted octanol–water partition coefficient (Wildman–Crippen LogP) is 2.46. The Bertz CT molecular complexity index is 556. The molecular weight excluding hydrogens is 457 g/mol. The van der Waals surface area contributed by atoms with Gasteiger partial charge in [0.2, 0.25) is 0 Å². The molecule has 27 heavy (non-hydrogen) atoms. The SMILES string of the molecule is CCNC(=NCCC1CCCC1)N1CCC(C2(C)NC(=O)NC2=O)CC1.I. The molecule has 3 aliphatic rings. The second kappa shape index (κ2) is 9.93. The van der Waals surface area contributed by atoms with E-state index in [0.717, 1.165) is 50.9 Å². The lowest BCUT2D eigenvalue weighted by Crippen LogP contribution is -2.55. The molecular formula is C19H34IN5O2. The van der Waals surface area contributed by atoms with Crippen molar-refractivity contribution >= 4 is 41.9 Å². The first-order valence-electron chi connectivity index (χ1n) is 10.2. The summed E-state index contributed by atoms with van der Waals surface area (Å²) in [6.45, 7) is 7.41. The van der Waals surface area contributed by atoms with Crippen LogP contribution in [0.4, 0.5) is 4.79 Å². The summed E-state index contributed by atoms with van der Waals surface area (Å²) in [7, 11) is 0. The summed E-state index contributed by atoms with van der Waals surface area (Å²) < 4.78 is 0. The number of hydrogen-bond donors (Lipinski definition) is 3. The number of nitrogens with zero attached hydrogens (tertiary/aromatic N) is 2. The van der Waals surface area contributed by atoms with Gasteiger partial charge in [-0.15, -0.1) is 24.0 Å². The highest BCUT2D eigenvalue weighted by atomic mass is 127. The molecule has 0 aromatic carbocycles. The predicted molar refractivity (Wildman–Crippen MR) is 117 cm³/mol. The van der Waals surface area contributed by atoms with E-state index >= 15 is 0 Å². The molecule has 0 aromatic rings. The lowest BCUT2D eigenvalue weighted by molar-refractivity contribution is -0.125. The van der Waals surface area contributed by atoms with Crippen LogP contribution in [0.25, 0.3) is 0 Å². The number of urea groups is 1. The van der Waals surface area contributed by atoms with E-state index < -0.39 is 5.54 Å². The first kappa shape index (κ1) is 22.2. The zero-order valence-corrected chi connectivity index (χ0v) is 18.9. The number of carbonyl (C=O) groups is 2. The van der Waals surface area contributed by atoms with Gasteiger partial charge in [-0.1, -0.05) is 25.7 Å². The lowest BCUT2D eigenvalue weighted by Gasteiger charge is -2.39. The van der Waals surface area contributed by atoms with Gasteiger partial charge in [-0.25, -0.2) is 4.79 Å². The Morgan fingerprint density at radius 3 is 2.44 bits per heavy atom. The number of likely N-dealkylation sites (tertiary alicyclic amines) is 1. The van der Waals surface area contributed by atoms with Crippen molar-refractivity contribution in [3.05, 3.63) is 0 Å². The fraction of sp³-hybridized carbons (Fsp3) is 0.842. The monoisotopic (exact) mass is 491 g/mol. The van der Waals surface area contributed by atoms with E-state index in [1.165, 1.54) is 32.1 Å². The molecule has 2 aliphatic heterocycles. The van der Waals surface area contributed by atoms with E-state index in [1.807, 2.05) is 6.92 Å². The highest BCUT2D eigenvalue weighted by Crippen LogP contribution is 2.31. The molecule has 3 N–H and O–H groups in total. The maximum absolute atomic E-state index is 12.1. The summed E-state index contributed by atoms with van der Waals surface area (Å²) in [4.78, 5) is 30.8. The molecule has 0 aromatic heterocycles.